The molecule has 0 fully saturated rings. The number of aliphatic hydroxyl groups excluding tert-OH is 1. The number of aliphatic hydroxyl groups is 1. The average molecular weight is 284 g/mol. The molecule has 0 radical (unpaired) electrons. The smallest absolute Gasteiger partial charge is 0.145 e. The maximum atomic E-state index is 13.0. The predicted octanol–water partition coefficient (Wildman–Crippen LogP) is 3.00. The molecule has 0 aliphatic rings. The minimum atomic E-state index is -0.597. The lowest BCUT2D eigenvalue weighted by Gasteiger charge is -2.10. The summed E-state index contributed by atoms with van der Waals surface area (Å²) in [5.74, 6) is -0.219. The molecule has 0 heterocycles. The third-order valence-corrected chi connectivity index (χ3v) is 2.36. The number of halogens is 3. The molecule has 0 saturated carbocycles. The van der Waals surface area contributed by atoms with Gasteiger partial charge in [0.1, 0.15) is 18.2 Å². The topological polar surface area (TPSA) is 29.5 Å². The van der Waals surface area contributed by atoms with Gasteiger partial charge < -0.3 is 9.84 Å². The van der Waals surface area contributed by atoms with Crippen LogP contribution in [0, 0.1) is 5.82 Å². The largest absolute Gasteiger partial charge is 0.490 e. The molecule has 1 aromatic carbocycles. The van der Waals surface area contributed by atoms with Gasteiger partial charge in [0.05, 0.1) is 15.6 Å². The summed E-state index contributed by atoms with van der Waals surface area (Å²) in [6, 6.07) is 2.59. The Bertz CT molecular complexity index is 331. The average Bonchev–Trinajstić information content (AvgIpc) is 2.09. The summed E-state index contributed by atoms with van der Waals surface area (Å²) < 4.78 is 18.7. The van der Waals surface area contributed by atoms with Crippen molar-refractivity contribution in [3.8, 4) is 5.75 Å². The van der Waals surface area contributed by atoms with Crippen molar-refractivity contribution in [2.75, 3.05) is 6.61 Å². The van der Waals surface area contributed by atoms with Gasteiger partial charge in [0.2, 0.25) is 0 Å². The summed E-state index contributed by atoms with van der Waals surface area (Å²) in [5, 5.41) is 9.00. The summed E-state index contributed by atoms with van der Waals surface area (Å²) >= 11 is 8.71. The zero-order valence-corrected chi connectivity index (χ0v) is 9.77. The van der Waals surface area contributed by atoms with E-state index in [1.807, 2.05) is 0 Å². The fourth-order valence-electron chi connectivity index (χ4n) is 0.825. The number of benzene rings is 1. The van der Waals surface area contributed by atoms with Crippen LogP contribution in [-0.2, 0) is 0 Å². The highest BCUT2D eigenvalue weighted by molar-refractivity contribution is 9.10. The minimum Gasteiger partial charge on any atom is -0.490 e. The molecule has 1 rings (SSSR count). The van der Waals surface area contributed by atoms with Crippen molar-refractivity contribution in [2.45, 2.75) is 13.0 Å². The van der Waals surface area contributed by atoms with E-state index in [4.69, 9.17) is 21.4 Å². The van der Waals surface area contributed by atoms with E-state index < -0.39 is 11.9 Å². The predicted molar refractivity (Wildman–Crippen MR) is 56.3 cm³/mol. The van der Waals surface area contributed by atoms with Gasteiger partial charge in [0, 0.05) is 6.07 Å². The number of hydrogen-bond donors (Lipinski definition) is 1. The Morgan fingerprint density at radius 3 is 2.86 bits per heavy atom. The molecule has 0 saturated heterocycles. The molecule has 78 valence electrons. The molecule has 14 heavy (non-hydrogen) atoms. The maximum Gasteiger partial charge on any atom is 0.145 e. The van der Waals surface area contributed by atoms with Crippen LogP contribution in [0.15, 0.2) is 16.6 Å². The van der Waals surface area contributed by atoms with Crippen LogP contribution in [-0.4, -0.2) is 17.8 Å². The van der Waals surface area contributed by atoms with Crippen LogP contribution in [0.1, 0.15) is 6.92 Å². The van der Waals surface area contributed by atoms with E-state index in [0.29, 0.717) is 10.2 Å². The van der Waals surface area contributed by atoms with Crippen molar-refractivity contribution < 1.29 is 14.2 Å². The van der Waals surface area contributed by atoms with E-state index in [2.05, 4.69) is 15.9 Å². The zero-order valence-electron chi connectivity index (χ0n) is 7.43. The molecule has 1 unspecified atom stereocenters. The van der Waals surface area contributed by atoms with E-state index in [1.54, 1.807) is 6.92 Å². The Morgan fingerprint density at radius 1 is 1.64 bits per heavy atom. The van der Waals surface area contributed by atoms with Crippen molar-refractivity contribution in [1.82, 2.24) is 0 Å². The second kappa shape index (κ2) is 4.96. The third-order valence-electron chi connectivity index (χ3n) is 1.45. The Balaban J connectivity index is 2.82. The van der Waals surface area contributed by atoms with Crippen LogP contribution in [0.25, 0.3) is 0 Å². The lowest BCUT2D eigenvalue weighted by molar-refractivity contribution is 0.122. The molecular formula is C9H9BrClFO2. The molecule has 0 aliphatic carbocycles. The highest BCUT2D eigenvalue weighted by atomic mass is 79.9. The van der Waals surface area contributed by atoms with E-state index in [0.717, 1.165) is 0 Å². The first-order valence-electron chi connectivity index (χ1n) is 3.96. The Hall–Kier alpha value is -0.320. The Kier molecular flexibility index (Phi) is 4.16. The van der Waals surface area contributed by atoms with Crippen LogP contribution in [0.3, 0.4) is 0 Å². The molecule has 0 aliphatic heterocycles. The monoisotopic (exact) mass is 282 g/mol. The molecular weight excluding hydrogens is 274 g/mol. The Morgan fingerprint density at radius 2 is 2.29 bits per heavy atom. The van der Waals surface area contributed by atoms with Gasteiger partial charge in [-0.1, -0.05) is 11.6 Å². The van der Waals surface area contributed by atoms with E-state index in [-0.39, 0.29) is 11.6 Å². The molecule has 0 aromatic heterocycles. The first-order valence-corrected chi connectivity index (χ1v) is 5.13. The molecule has 1 atom stereocenters. The molecule has 0 bridgehead atoms. The quantitative estimate of drug-likeness (QED) is 0.864. The second-order valence-corrected chi connectivity index (χ2v) is 4.12. The van der Waals surface area contributed by atoms with Gasteiger partial charge in [-0.3, -0.25) is 0 Å². The van der Waals surface area contributed by atoms with Crippen LogP contribution in [0.5, 0.6) is 5.75 Å². The van der Waals surface area contributed by atoms with Crippen molar-refractivity contribution in [3.05, 3.63) is 27.4 Å². The number of ether oxygens (including phenoxy) is 1. The molecule has 2 nitrogen and oxygen atoms in total. The van der Waals surface area contributed by atoms with E-state index in [9.17, 15) is 4.39 Å². The minimum absolute atomic E-state index is 0.0290. The lowest BCUT2D eigenvalue weighted by Crippen LogP contribution is -2.13. The van der Waals surface area contributed by atoms with Gasteiger partial charge in [0.15, 0.2) is 0 Å². The fraction of sp³-hybridized carbons (Fsp3) is 0.333. The van der Waals surface area contributed by atoms with Gasteiger partial charge in [0.25, 0.3) is 0 Å². The van der Waals surface area contributed by atoms with E-state index in [1.165, 1.54) is 12.1 Å². The fourth-order valence-corrected chi connectivity index (χ4v) is 1.58. The summed E-state index contributed by atoms with van der Waals surface area (Å²) in [5.41, 5.74) is 0. The van der Waals surface area contributed by atoms with Crippen molar-refractivity contribution in [1.29, 1.82) is 0 Å². The summed E-state index contributed by atoms with van der Waals surface area (Å²) in [4.78, 5) is 0. The van der Waals surface area contributed by atoms with Gasteiger partial charge in [-0.05, 0) is 28.9 Å². The molecule has 1 N–H and O–H groups in total. The molecule has 5 heteroatoms. The first-order chi connectivity index (χ1) is 6.50. The second-order valence-electron chi connectivity index (χ2n) is 2.86. The molecule has 0 amide bonds. The van der Waals surface area contributed by atoms with Crippen LogP contribution < -0.4 is 4.74 Å². The van der Waals surface area contributed by atoms with Crippen LogP contribution >= 0.6 is 27.5 Å². The van der Waals surface area contributed by atoms with Crippen molar-refractivity contribution in [2.24, 2.45) is 0 Å². The van der Waals surface area contributed by atoms with Crippen LogP contribution in [0.4, 0.5) is 4.39 Å². The lowest BCUT2D eigenvalue weighted by atomic mass is 10.3. The maximum absolute atomic E-state index is 13.0. The molecule has 0 spiro atoms. The standard InChI is InChI=1S/C9H9BrClFO2/c1-5(13)4-14-9-3-8(12)7(11)2-6(9)10/h2-3,5,13H,4H2,1H3. The van der Waals surface area contributed by atoms with Crippen molar-refractivity contribution >= 4 is 27.5 Å². The first kappa shape index (κ1) is 11.8. The summed E-state index contributed by atoms with van der Waals surface area (Å²) in [6.07, 6.45) is -0.597. The zero-order chi connectivity index (χ0) is 10.7. The van der Waals surface area contributed by atoms with Gasteiger partial charge in [-0.2, -0.15) is 0 Å². The number of hydrogen-bond acceptors (Lipinski definition) is 2. The van der Waals surface area contributed by atoms with Gasteiger partial charge in [-0.15, -0.1) is 0 Å². The van der Waals surface area contributed by atoms with Gasteiger partial charge in [-0.25, -0.2) is 4.39 Å². The van der Waals surface area contributed by atoms with Crippen molar-refractivity contribution in [3.63, 3.8) is 0 Å². The molecule has 1 aromatic rings. The number of rotatable bonds is 3. The highest BCUT2D eigenvalue weighted by Crippen LogP contribution is 2.30. The third kappa shape index (κ3) is 3.12. The normalized spacial score (nSPS) is 12.6. The van der Waals surface area contributed by atoms with Gasteiger partial charge >= 0.3 is 0 Å². The summed E-state index contributed by atoms with van der Waals surface area (Å²) in [7, 11) is 0. The summed E-state index contributed by atoms with van der Waals surface area (Å²) in [6.45, 7) is 1.69. The van der Waals surface area contributed by atoms with E-state index >= 15 is 0 Å². The highest BCUT2D eigenvalue weighted by Gasteiger charge is 2.08. The SMILES string of the molecule is CC(O)COc1cc(F)c(Cl)cc1Br. The Labute approximate surface area is 94.8 Å². The van der Waals surface area contributed by atoms with Crippen LogP contribution in [0.2, 0.25) is 5.02 Å².